The average Bonchev–Trinajstić information content (AvgIpc) is 2.66. The van der Waals surface area contributed by atoms with Crippen LogP contribution in [0.2, 0.25) is 0 Å². The van der Waals surface area contributed by atoms with Gasteiger partial charge < -0.3 is 20.1 Å². The van der Waals surface area contributed by atoms with Gasteiger partial charge in [-0.2, -0.15) is 5.26 Å². The van der Waals surface area contributed by atoms with Crippen molar-refractivity contribution in [2.24, 2.45) is 0 Å². The summed E-state index contributed by atoms with van der Waals surface area (Å²) in [5.74, 6) is 0.483. The second kappa shape index (κ2) is 9.69. The molecule has 0 saturated carbocycles. The molecule has 134 valence electrons. The highest BCUT2D eigenvalue weighted by atomic mass is 16.5. The van der Waals surface area contributed by atoms with Crippen molar-refractivity contribution >= 4 is 17.5 Å². The van der Waals surface area contributed by atoms with Crippen LogP contribution in [-0.2, 0) is 9.59 Å². The van der Waals surface area contributed by atoms with Crippen LogP contribution in [0.4, 0.5) is 5.69 Å². The first-order valence-electron chi connectivity index (χ1n) is 7.95. The molecule has 0 aromatic heterocycles. The van der Waals surface area contributed by atoms with Crippen molar-refractivity contribution in [1.82, 2.24) is 5.32 Å². The molecule has 0 unspecified atom stereocenters. The number of rotatable bonds is 8. The Balaban J connectivity index is 1.69. The number of hydrogen-bond acceptors (Lipinski definition) is 5. The summed E-state index contributed by atoms with van der Waals surface area (Å²) >= 11 is 0. The van der Waals surface area contributed by atoms with Gasteiger partial charge in [0.05, 0.1) is 24.9 Å². The Bertz CT molecular complexity index is 797. The topological polar surface area (TPSA) is 100 Å². The normalized spacial score (nSPS) is 9.69. The third kappa shape index (κ3) is 5.83. The van der Waals surface area contributed by atoms with Crippen LogP contribution in [0, 0.1) is 11.3 Å². The van der Waals surface area contributed by atoms with Gasteiger partial charge >= 0.3 is 0 Å². The van der Waals surface area contributed by atoms with E-state index in [4.69, 9.17) is 14.7 Å². The number of nitrogens with one attached hydrogen (secondary N) is 2. The minimum Gasteiger partial charge on any atom is -0.497 e. The summed E-state index contributed by atoms with van der Waals surface area (Å²) in [6.45, 7) is 0.546. The molecule has 2 rings (SSSR count). The van der Waals surface area contributed by atoms with Crippen molar-refractivity contribution in [3.8, 4) is 17.6 Å². The zero-order chi connectivity index (χ0) is 18.8. The third-order valence-corrected chi connectivity index (χ3v) is 3.40. The summed E-state index contributed by atoms with van der Waals surface area (Å²) in [4.78, 5) is 23.7. The van der Waals surface area contributed by atoms with E-state index < -0.39 is 11.8 Å². The predicted octanol–water partition coefficient (Wildman–Crippen LogP) is 2.09. The largest absolute Gasteiger partial charge is 0.497 e. The molecule has 0 atom stereocenters. The molecular formula is C19H19N3O4. The number of ether oxygens (including phenoxy) is 2. The van der Waals surface area contributed by atoms with Crippen LogP contribution >= 0.6 is 0 Å². The van der Waals surface area contributed by atoms with E-state index in [2.05, 4.69) is 10.6 Å². The molecule has 2 aromatic carbocycles. The fourth-order valence-corrected chi connectivity index (χ4v) is 2.12. The smallest absolute Gasteiger partial charge is 0.233 e. The van der Waals surface area contributed by atoms with Crippen LogP contribution in [0.3, 0.4) is 0 Å². The van der Waals surface area contributed by atoms with Gasteiger partial charge in [-0.05, 0) is 36.4 Å². The fourth-order valence-electron chi connectivity index (χ4n) is 2.12. The van der Waals surface area contributed by atoms with Crippen LogP contribution in [0.15, 0.2) is 48.5 Å². The SMILES string of the molecule is COc1ccc(OCCNC(=O)CC(=O)Nc2ccccc2C#N)cc1. The van der Waals surface area contributed by atoms with E-state index in [1.54, 1.807) is 55.6 Å². The molecule has 0 saturated heterocycles. The molecule has 0 aliphatic carbocycles. The Kier molecular flexibility index (Phi) is 7.01. The number of methoxy groups -OCH3 is 1. The first-order chi connectivity index (χ1) is 12.6. The fraction of sp³-hybridized carbons (Fsp3) is 0.211. The lowest BCUT2D eigenvalue weighted by molar-refractivity contribution is -0.126. The zero-order valence-corrected chi connectivity index (χ0v) is 14.3. The van der Waals surface area contributed by atoms with Gasteiger partial charge in [0.25, 0.3) is 0 Å². The lowest BCUT2D eigenvalue weighted by Crippen LogP contribution is -2.31. The van der Waals surface area contributed by atoms with E-state index >= 15 is 0 Å². The Hall–Kier alpha value is -3.53. The van der Waals surface area contributed by atoms with E-state index in [0.29, 0.717) is 17.0 Å². The van der Waals surface area contributed by atoms with Gasteiger partial charge in [0.2, 0.25) is 11.8 Å². The van der Waals surface area contributed by atoms with Crippen LogP contribution in [0.1, 0.15) is 12.0 Å². The monoisotopic (exact) mass is 353 g/mol. The number of anilines is 1. The summed E-state index contributed by atoms with van der Waals surface area (Å²) in [5, 5.41) is 14.1. The number of nitrogens with zero attached hydrogens (tertiary/aromatic N) is 1. The molecule has 0 spiro atoms. The number of benzene rings is 2. The van der Waals surface area contributed by atoms with Crippen molar-refractivity contribution in [1.29, 1.82) is 5.26 Å². The van der Waals surface area contributed by atoms with Gasteiger partial charge in [-0.25, -0.2) is 0 Å². The molecule has 7 nitrogen and oxygen atoms in total. The van der Waals surface area contributed by atoms with Crippen molar-refractivity contribution < 1.29 is 19.1 Å². The highest BCUT2D eigenvalue weighted by Crippen LogP contribution is 2.16. The van der Waals surface area contributed by atoms with E-state index in [9.17, 15) is 9.59 Å². The maximum atomic E-state index is 11.9. The Morgan fingerprint density at radius 2 is 1.73 bits per heavy atom. The van der Waals surface area contributed by atoms with Crippen LogP contribution in [0.25, 0.3) is 0 Å². The molecular weight excluding hydrogens is 334 g/mol. The van der Waals surface area contributed by atoms with Crippen molar-refractivity contribution in [2.45, 2.75) is 6.42 Å². The molecule has 2 N–H and O–H groups in total. The number of nitriles is 1. The minimum atomic E-state index is -0.485. The molecule has 0 bridgehead atoms. The molecule has 0 heterocycles. The van der Waals surface area contributed by atoms with E-state index in [1.807, 2.05) is 6.07 Å². The summed E-state index contributed by atoms with van der Waals surface area (Å²) in [7, 11) is 1.58. The summed E-state index contributed by atoms with van der Waals surface area (Å²) in [6, 6.07) is 15.7. The van der Waals surface area contributed by atoms with Gasteiger partial charge in [0.1, 0.15) is 30.6 Å². The second-order valence-corrected chi connectivity index (χ2v) is 5.26. The van der Waals surface area contributed by atoms with Gasteiger partial charge in [0, 0.05) is 0 Å². The number of carbonyl (C=O) groups excluding carboxylic acids is 2. The minimum absolute atomic E-state index is 0.271. The quantitative estimate of drug-likeness (QED) is 0.559. The number of amides is 2. The number of para-hydroxylation sites is 1. The number of hydrogen-bond donors (Lipinski definition) is 2. The third-order valence-electron chi connectivity index (χ3n) is 3.40. The van der Waals surface area contributed by atoms with Gasteiger partial charge in [-0.15, -0.1) is 0 Å². The van der Waals surface area contributed by atoms with E-state index in [-0.39, 0.29) is 19.6 Å². The molecule has 2 aromatic rings. The molecule has 7 heteroatoms. The van der Waals surface area contributed by atoms with Gasteiger partial charge in [-0.3, -0.25) is 9.59 Å². The first kappa shape index (κ1) is 18.8. The van der Waals surface area contributed by atoms with Gasteiger partial charge in [-0.1, -0.05) is 12.1 Å². The standard InChI is InChI=1S/C19H19N3O4/c1-25-15-6-8-16(9-7-15)26-11-10-21-18(23)12-19(24)22-17-5-3-2-4-14(17)13-20/h2-9H,10-12H2,1H3,(H,21,23)(H,22,24). The highest BCUT2D eigenvalue weighted by molar-refractivity contribution is 6.04. The lowest BCUT2D eigenvalue weighted by Gasteiger charge is -2.09. The maximum Gasteiger partial charge on any atom is 0.233 e. The molecule has 2 amide bonds. The zero-order valence-electron chi connectivity index (χ0n) is 14.3. The number of carbonyl (C=O) groups is 2. The van der Waals surface area contributed by atoms with Crippen molar-refractivity contribution in [3.05, 3.63) is 54.1 Å². The van der Waals surface area contributed by atoms with Gasteiger partial charge in [0.15, 0.2) is 0 Å². The maximum absolute atomic E-state index is 11.9. The molecule has 26 heavy (non-hydrogen) atoms. The van der Waals surface area contributed by atoms with Crippen LogP contribution in [-0.4, -0.2) is 32.1 Å². The highest BCUT2D eigenvalue weighted by Gasteiger charge is 2.11. The summed E-state index contributed by atoms with van der Waals surface area (Å²) < 4.78 is 10.5. The molecule has 0 aliphatic heterocycles. The predicted molar refractivity (Wildman–Crippen MR) is 95.9 cm³/mol. The Morgan fingerprint density at radius 1 is 1.04 bits per heavy atom. The first-order valence-corrected chi connectivity index (χ1v) is 7.95. The summed E-state index contributed by atoms with van der Waals surface area (Å²) in [6.07, 6.45) is -0.331. The van der Waals surface area contributed by atoms with E-state index in [1.165, 1.54) is 0 Å². The molecule has 0 fully saturated rings. The molecule has 0 aliphatic rings. The van der Waals surface area contributed by atoms with E-state index in [0.717, 1.165) is 5.75 Å². The van der Waals surface area contributed by atoms with Crippen LogP contribution in [0.5, 0.6) is 11.5 Å². The Morgan fingerprint density at radius 3 is 2.42 bits per heavy atom. The summed E-state index contributed by atoms with van der Waals surface area (Å²) in [5.41, 5.74) is 0.727. The molecule has 0 radical (unpaired) electrons. The van der Waals surface area contributed by atoms with Crippen molar-refractivity contribution in [2.75, 3.05) is 25.6 Å². The van der Waals surface area contributed by atoms with Crippen molar-refractivity contribution in [3.63, 3.8) is 0 Å². The average molecular weight is 353 g/mol. The lowest BCUT2D eigenvalue weighted by atomic mass is 10.2. The van der Waals surface area contributed by atoms with Crippen LogP contribution < -0.4 is 20.1 Å². The second-order valence-electron chi connectivity index (χ2n) is 5.26. The Labute approximate surface area is 151 Å².